The molecule has 2 rings (SSSR count). The molecule has 1 N–H and O–H groups in total. The molecule has 0 aliphatic carbocycles. The van der Waals surface area contributed by atoms with Crippen LogP contribution in [0, 0.1) is 0 Å². The lowest BCUT2D eigenvalue weighted by atomic mass is 10.2. The average Bonchev–Trinajstić information content (AvgIpc) is 2.77. The molecule has 5 heteroatoms. The van der Waals surface area contributed by atoms with Gasteiger partial charge < -0.3 is 14.6 Å². The number of rotatable bonds is 5. The minimum absolute atomic E-state index is 0.0261. The Balaban J connectivity index is 2.12. The monoisotopic (exact) mass is 277 g/mol. The fourth-order valence-corrected chi connectivity index (χ4v) is 2.89. The first-order valence-electron chi connectivity index (χ1n) is 6.13. The van der Waals surface area contributed by atoms with Crippen LogP contribution in [0.3, 0.4) is 0 Å². The van der Waals surface area contributed by atoms with Crippen LogP contribution in [-0.2, 0) is 19.4 Å². The van der Waals surface area contributed by atoms with E-state index in [0.29, 0.717) is 0 Å². The Bertz CT molecular complexity index is 551. The second-order valence-electron chi connectivity index (χ2n) is 4.56. The highest BCUT2D eigenvalue weighted by atomic mass is 32.2. The molecule has 102 valence electrons. The number of aliphatic hydroxyl groups excluding tert-OH is 1. The van der Waals surface area contributed by atoms with Crippen molar-refractivity contribution in [2.24, 2.45) is 7.05 Å². The van der Waals surface area contributed by atoms with Crippen molar-refractivity contribution >= 4 is 17.4 Å². The third-order valence-electron chi connectivity index (χ3n) is 3.03. The number of anilines is 1. The van der Waals surface area contributed by atoms with Crippen LogP contribution in [0.25, 0.3) is 0 Å². The van der Waals surface area contributed by atoms with Crippen LogP contribution in [0.2, 0.25) is 0 Å². The van der Waals surface area contributed by atoms with Gasteiger partial charge >= 0.3 is 0 Å². The van der Waals surface area contributed by atoms with Gasteiger partial charge in [-0.15, -0.1) is 0 Å². The number of benzene rings is 1. The molecule has 1 aromatic carbocycles. The number of para-hydroxylation sites is 1. The number of imidazole rings is 1. The molecule has 0 fully saturated rings. The van der Waals surface area contributed by atoms with Crippen LogP contribution in [0.4, 0.5) is 5.69 Å². The predicted molar refractivity (Wildman–Crippen MR) is 79.5 cm³/mol. The zero-order chi connectivity index (χ0) is 13.8. The van der Waals surface area contributed by atoms with E-state index in [9.17, 15) is 0 Å². The summed E-state index contributed by atoms with van der Waals surface area (Å²) in [6.45, 7) is 0.0261. The van der Waals surface area contributed by atoms with Crippen LogP contribution >= 0.6 is 11.8 Å². The first-order valence-corrected chi connectivity index (χ1v) is 7.11. The van der Waals surface area contributed by atoms with E-state index < -0.39 is 0 Å². The summed E-state index contributed by atoms with van der Waals surface area (Å²) >= 11 is 1.68. The van der Waals surface area contributed by atoms with E-state index in [2.05, 4.69) is 28.1 Å². The lowest BCUT2D eigenvalue weighted by Crippen LogP contribution is -2.10. The number of hydrogen-bond acceptors (Lipinski definition) is 4. The summed E-state index contributed by atoms with van der Waals surface area (Å²) in [5.74, 6) is 0.865. The van der Waals surface area contributed by atoms with Crippen LogP contribution in [0.15, 0.2) is 35.6 Å². The molecular weight excluding hydrogens is 258 g/mol. The van der Waals surface area contributed by atoms with Crippen LogP contribution in [0.1, 0.15) is 11.3 Å². The van der Waals surface area contributed by atoms with Gasteiger partial charge in [0.15, 0.2) is 5.16 Å². The van der Waals surface area contributed by atoms with Gasteiger partial charge in [0.1, 0.15) is 0 Å². The minimum Gasteiger partial charge on any atom is -0.390 e. The summed E-state index contributed by atoms with van der Waals surface area (Å²) in [5.41, 5.74) is 3.35. The Hall–Kier alpha value is -1.46. The molecule has 0 amide bonds. The summed E-state index contributed by atoms with van der Waals surface area (Å²) in [6, 6.07) is 8.36. The van der Waals surface area contributed by atoms with Crippen LogP contribution in [0.5, 0.6) is 0 Å². The van der Waals surface area contributed by atoms with E-state index in [1.54, 1.807) is 18.0 Å². The summed E-state index contributed by atoms with van der Waals surface area (Å²) in [7, 11) is 6.03. The number of thioether (sulfide) groups is 1. The van der Waals surface area contributed by atoms with E-state index >= 15 is 0 Å². The number of aliphatic hydroxyl groups is 1. The molecule has 19 heavy (non-hydrogen) atoms. The van der Waals surface area contributed by atoms with E-state index in [4.69, 9.17) is 5.11 Å². The van der Waals surface area contributed by atoms with Crippen molar-refractivity contribution in [3.05, 3.63) is 41.7 Å². The summed E-state index contributed by atoms with van der Waals surface area (Å²) in [4.78, 5) is 6.45. The SMILES string of the molecule is CN(C)c1ccccc1CSc1ncc(CO)n1C. The molecule has 0 atom stereocenters. The zero-order valence-electron chi connectivity index (χ0n) is 11.5. The molecule has 2 aromatic rings. The smallest absolute Gasteiger partial charge is 0.168 e. The van der Waals surface area contributed by atoms with Crippen molar-refractivity contribution in [3.63, 3.8) is 0 Å². The van der Waals surface area contributed by atoms with Crippen LogP contribution in [-0.4, -0.2) is 28.8 Å². The molecule has 0 saturated carbocycles. The Kier molecular flexibility index (Phi) is 4.50. The van der Waals surface area contributed by atoms with E-state index in [1.807, 2.05) is 31.8 Å². The molecule has 0 saturated heterocycles. The van der Waals surface area contributed by atoms with Gasteiger partial charge in [0.05, 0.1) is 18.5 Å². The first-order chi connectivity index (χ1) is 9.13. The topological polar surface area (TPSA) is 41.3 Å². The zero-order valence-corrected chi connectivity index (χ0v) is 12.3. The highest BCUT2D eigenvalue weighted by Gasteiger charge is 2.09. The molecule has 1 aromatic heterocycles. The van der Waals surface area contributed by atoms with E-state index in [1.165, 1.54) is 11.3 Å². The third kappa shape index (κ3) is 3.11. The number of aromatic nitrogens is 2. The van der Waals surface area contributed by atoms with Gasteiger partial charge in [-0.2, -0.15) is 0 Å². The third-order valence-corrected chi connectivity index (χ3v) is 4.13. The minimum atomic E-state index is 0.0261. The average molecular weight is 277 g/mol. The lowest BCUT2D eigenvalue weighted by molar-refractivity contribution is 0.271. The van der Waals surface area contributed by atoms with Crippen molar-refractivity contribution in [3.8, 4) is 0 Å². The maximum atomic E-state index is 9.16. The van der Waals surface area contributed by atoms with Crippen molar-refractivity contribution in [1.82, 2.24) is 9.55 Å². The molecule has 4 nitrogen and oxygen atoms in total. The highest BCUT2D eigenvalue weighted by molar-refractivity contribution is 7.98. The molecule has 1 heterocycles. The first kappa shape index (κ1) is 14.0. The second-order valence-corrected chi connectivity index (χ2v) is 5.50. The number of hydrogen-bond donors (Lipinski definition) is 1. The standard InChI is InChI=1S/C14H19N3OS/c1-16(2)13-7-5-4-6-11(13)10-19-14-15-8-12(9-18)17(14)3/h4-8,18H,9-10H2,1-3H3. The lowest BCUT2D eigenvalue weighted by Gasteiger charge is -2.17. The fourth-order valence-electron chi connectivity index (χ4n) is 1.92. The Labute approximate surface area is 118 Å². The molecule has 0 bridgehead atoms. The van der Waals surface area contributed by atoms with E-state index in [-0.39, 0.29) is 6.61 Å². The molecule has 0 unspecified atom stereocenters. The largest absolute Gasteiger partial charge is 0.390 e. The Morgan fingerprint density at radius 1 is 1.32 bits per heavy atom. The summed E-state index contributed by atoms with van der Waals surface area (Å²) in [5, 5.41) is 10.1. The van der Waals surface area contributed by atoms with Gasteiger partial charge in [0.2, 0.25) is 0 Å². The summed E-state index contributed by atoms with van der Waals surface area (Å²) < 4.78 is 1.93. The normalized spacial score (nSPS) is 10.7. The highest BCUT2D eigenvalue weighted by Crippen LogP contribution is 2.27. The van der Waals surface area contributed by atoms with Gasteiger partial charge in [0.25, 0.3) is 0 Å². The van der Waals surface area contributed by atoms with Gasteiger partial charge in [-0.25, -0.2) is 4.98 Å². The molecule has 0 radical (unpaired) electrons. The van der Waals surface area contributed by atoms with Crippen molar-refractivity contribution in [2.45, 2.75) is 17.5 Å². The summed E-state index contributed by atoms with van der Waals surface area (Å²) in [6.07, 6.45) is 1.72. The quantitative estimate of drug-likeness (QED) is 0.851. The van der Waals surface area contributed by atoms with E-state index in [0.717, 1.165) is 16.6 Å². The van der Waals surface area contributed by atoms with Gasteiger partial charge in [0, 0.05) is 32.6 Å². The Morgan fingerprint density at radius 3 is 2.68 bits per heavy atom. The molecular formula is C14H19N3OS. The molecule has 0 aliphatic heterocycles. The maximum absolute atomic E-state index is 9.16. The predicted octanol–water partition coefficient (Wildman–Crippen LogP) is 2.27. The van der Waals surface area contributed by atoms with Crippen molar-refractivity contribution in [1.29, 1.82) is 0 Å². The fraction of sp³-hybridized carbons (Fsp3) is 0.357. The second kappa shape index (κ2) is 6.12. The van der Waals surface area contributed by atoms with Crippen LogP contribution < -0.4 is 4.90 Å². The molecule has 0 spiro atoms. The molecule has 0 aliphatic rings. The van der Waals surface area contributed by atoms with Crippen molar-refractivity contribution < 1.29 is 5.11 Å². The van der Waals surface area contributed by atoms with Gasteiger partial charge in [-0.1, -0.05) is 30.0 Å². The van der Waals surface area contributed by atoms with Crippen molar-refractivity contribution in [2.75, 3.05) is 19.0 Å². The maximum Gasteiger partial charge on any atom is 0.168 e. The van der Waals surface area contributed by atoms with Gasteiger partial charge in [-0.05, 0) is 11.6 Å². The number of nitrogens with zero attached hydrogens (tertiary/aromatic N) is 3. The Morgan fingerprint density at radius 2 is 2.05 bits per heavy atom. The van der Waals surface area contributed by atoms with Gasteiger partial charge in [-0.3, -0.25) is 0 Å².